The maximum atomic E-state index is 12.8. The van der Waals surface area contributed by atoms with Crippen molar-refractivity contribution in [3.8, 4) is 12.3 Å². The van der Waals surface area contributed by atoms with Crippen LogP contribution in [0, 0.1) is 12.3 Å². The monoisotopic (exact) mass is 631 g/mol. The third-order valence-corrected chi connectivity index (χ3v) is 9.90. The van der Waals surface area contributed by atoms with E-state index in [1.807, 2.05) is 0 Å². The van der Waals surface area contributed by atoms with Gasteiger partial charge in [0.25, 0.3) is 5.91 Å². The largest absolute Gasteiger partial charge is 0.462 e. The third-order valence-electron chi connectivity index (χ3n) is 6.26. The number of hydrogen-bond acceptors (Lipinski definition) is 10. The molecule has 1 aromatic carbocycles. The van der Waals surface area contributed by atoms with Crippen LogP contribution in [-0.4, -0.2) is 61.5 Å². The number of amides is 2. The SMILES string of the molecule is C#CCn1c(=NC(=O)CS(=O)(=O)CC(=O)Nc2sc3c(c2C(=O)OCC)CCCC3)sc2cc(C(=O)OCC)ccc21. The highest BCUT2D eigenvalue weighted by atomic mass is 32.2. The van der Waals surface area contributed by atoms with Crippen LogP contribution in [0.5, 0.6) is 0 Å². The van der Waals surface area contributed by atoms with Gasteiger partial charge in [0.1, 0.15) is 16.5 Å². The quantitative estimate of drug-likeness (QED) is 0.265. The van der Waals surface area contributed by atoms with Crippen LogP contribution in [0.15, 0.2) is 23.2 Å². The second-order valence-corrected chi connectivity index (χ2v) is 13.5. The van der Waals surface area contributed by atoms with Crippen molar-refractivity contribution < 1.29 is 37.1 Å². The van der Waals surface area contributed by atoms with E-state index in [4.69, 9.17) is 15.9 Å². The Bertz CT molecular complexity index is 1770. The molecule has 0 aliphatic heterocycles. The fraction of sp³-hybridized carbons (Fsp3) is 0.393. The maximum Gasteiger partial charge on any atom is 0.341 e. The first-order valence-corrected chi connectivity index (χ1v) is 16.7. The minimum absolute atomic E-state index is 0.0492. The number of rotatable bonds is 10. The lowest BCUT2D eigenvalue weighted by Crippen LogP contribution is -2.28. The van der Waals surface area contributed by atoms with Gasteiger partial charge in [-0.1, -0.05) is 17.3 Å². The number of sulfone groups is 1. The molecule has 4 rings (SSSR count). The molecule has 2 amide bonds. The number of aromatic nitrogens is 1. The van der Waals surface area contributed by atoms with Gasteiger partial charge in [-0.15, -0.1) is 17.8 Å². The van der Waals surface area contributed by atoms with Crippen molar-refractivity contribution in [1.82, 2.24) is 4.57 Å². The first-order valence-electron chi connectivity index (χ1n) is 13.2. The summed E-state index contributed by atoms with van der Waals surface area (Å²) in [6.45, 7) is 3.79. The Morgan fingerprint density at radius 3 is 2.48 bits per heavy atom. The second kappa shape index (κ2) is 13.5. The minimum Gasteiger partial charge on any atom is -0.462 e. The summed E-state index contributed by atoms with van der Waals surface area (Å²) in [5.74, 6) is -2.44. The van der Waals surface area contributed by atoms with E-state index >= 15 is 0 Å². The van der Waals surface area contributed by atoms with Gasteiger partial charge in [0.15, 0.2) is 14.6 Å². The lowest BCUT2D eigenvalue weighted by Gasteiger charge is -2.12. The number of benzene rings is 1. The lowest BCUT2D eigenvalue weighted by atomic mass is 9.95. The van der Waals surface area contributed by atoms with Crippen molar-refractivity contribution in [1.29, 1.82) is 0 Å². The molecular formula is C28H29N3O8S3. The molecule has 3 aromatic rings. The molecule has 0 unspecified atom stereocenters. The average Bonchev–Trinajstić information content (AvgIpc) is 3.45. The molecule has 1 aliphatic carbocycles. The van der Waals surface area contributed by atoms with Crippen LogP contribution in [0.25, 0.3) is 10.2 Å². The van der Waals surface area contributed by atoms with Crippen LogP contribution in [0.1, 0.15) is 57.8 Å². The first kappa shape index (κ1) is 31.1. The highest BCUT2D eigenvalue weighted by molar-refractivity contribution is 7.92. The first-order chi connectivity index (χ1) is 20.1. The minimum atomic E-state index is -4.22. The average molecular weight is 632 g/mol. The van der Waals surface area contributed by atoms with Gasteiger partial charge in [0, 0.05) is 4.88 Å². The molecule has 0 atom stereocenters. The summed E-state index contributed by atoms with van der Waals surface area (Å²) in [7, 11) is -4.22. The van der Waals surface area contributed by atoms with Gasteiger partial charge in [-0.3, -0.25) is 9.59 Å². The molecule has 0 saturated carbocycles. The van der Waals surface area contributed by atoms with Crippen LogP contribution >= 0.6 is 22.7 Å². The highest BCUT2D eigenvalue weighted by Gasteiger charge is 2.29. The number of hydrogen-bond donors (Lipinski definition) is 1. The number of esters is 2. The van der Waals surface area contributed by atoms with Gasteiger partial charge in [-0.05, 0) is 63.3 Å². The Morgan fingerprint density at radius 1 is 1.05 bits per heavy atom. The van der Waals surface area contributed by atoms with Gasteiger partial charge in [0.05, 0.1) is 41.1 Å². The zero-order valence-electron chi connectivity index (χ0n) is 23.1. The molecule has 222 valence electrons. The summed E-state index contributed by atoms with van der Waals surface area (Å²) < 4.78 is 37.9. The number of terminal acetylenes is 1. The molecule has 1 N–H and O–H groups in total. The molecule has 2 heterocycles. The van der Waals surface area contributed by atoms with Crippen LogP contribution in [0.3, 0.4) is 0 Å². The highest BCUT2D eigenvalue weighted by Crippen LogP contribution is 2.38. The second-order valence-electron chi connectivity index (χ2n) is 9.30. The molecule has 2 aromatic heterocycles. The molecule has 0 radical (unpaired) electrons. The predicted molar refractivity (Wildman–Crippen MR) is 159 cm³/mol. The normalized spacial score (nSPS) is 13.3. The number of nitrogens with one attached hydrogen (secondary N) is 1. The van der Waals surface area contributed by atoms with Crippen LogP contribution in [0.4, 0.5) is 5.00 Å². The zero-order chi connectivity index (χ0) is 30.4. The van der Waals surface area contributed by atoms with Crippen molar-refractivity contribution in [2.45, 2.75) is 46.1 Å². The fourth-order valence-electron chi connectivity index (χ4n) is 4.56. The third kappa shape index (κ3) is 7.15. The number of aryl methyl sites for hydroxylation is 1. The van der Waals surface area contributed by atoms with Crippen molar-refractivity contribution in [3.05, 3.63) is 44.6 Å². The fourth-order valence-corrected chi connectivity index (χ4v) is 7.95. The summed E-state index contributed by atoms with van der Waals surface area (Å²) >= 11 is 2.30. The van der Waals surface area contributed by atoms with Crippen molar-refractivity contribution in [2.75, 3.05) is 30.0 Å². The Morgan fingerprint density at radius 2 is 1.76 bits per heavy atom. The van der Waals surface area contributed by atoms with Gasteiger partial charge >= 0.3 is 11.9 Å². The van der Waals surface area contributed by atoms with Gasteiger partial charge < -0.3 is 19.4 Å². The van der Waals surface area contributed by atoms with Crippen LogP contribution in [0.2, 0.25) is 0 Å². The summed E-state index contributed by atoms with van der Waals surface area (Å²) in [6, 6.07) is 4.79. The summed E-state index contributed by atoms with van der Waals surface area (Å²) in [5, 5.41) is 2.80. The summed E-state index contributed by atoms with van der Waals surface area (Å²) in [6.07, 6.45) is 8.78. The zero-order valence-corrected chi connectivity index (χ0v) is 25.5. The summed E-state index contributed by atoms with van der Waals surface area (Å²) in [5.41, 5.74) is 2.01. The van der Waals surface area contributed by atoms with E-state index in [1.54, 1.807) is 36.6 Å². The molecule has 42 heavy (non-hydrogen) atoms. The van der Waals surface area contributed by atoms with E-state index < -0.39 is 45.1 Å². The lowest BCUT2D eigenvalue weighted by molar-refractivity contribution is -0.115. The van der Waals surface area contributed by atoms with Crippen LogP contribution < -0.4 is 10.1 Å². The molecule has 14 heteroatoms. The molecule has 1 aliphatic rings. The van der Waals surface area contributed by atoms with E-state index in [1.165, 1.54) is 11.3 Å². The molecule has 0 saturated heterocycles. The number of ether oxygens (including phenoxy) is 2. The van der Waals surface area contributed by atoms with Gasteiger partial charge in [-0.2, -0.15) is 4.99 Å². The van der Waals surface area contributed by atoms with E-state index in [0.717, 1.165) is 41.0 Å². The number of fused-ring (bicyclic) bond motifs is 2. The topological polar surface area (TPSA) is 150 Å². The smallest absolute Gasteiger partial charge is 0.341 e. The van der Waals surface area contributed by atoms with Crippen molar-refractivity contribution >= 4 is 71.5 Å². The van der Waals surface area contributed by atoms with Crippen LogP contribution in [-0.2, 0) is 48.3 Å². The van der Waals surface area contributed by atoms with Crippen molar-refractivity contribution in [2.24, 2.45) is 4.99 Å². The molecule has 0 fully saturated rings. The Balaban J connectivity index is 1.52. The Labute approximate surface area is 250 Å². The van der Waals surface area contributed by atoms with Crippen molar-refractivity contribution in [3.63, 3.8) is 0 Å². The molecular weight excluding hydrogens is 603 g/mol. The number of anilines is 1. The maximum absolute atomic E-state index is 12.8. The Hall–Kier alpha value is -3.80. The Kier molecular flexibility index (Phi) is 9.97. The standard InChI is InChI=1S/C28H29N3O8S3/c1-4-13-31-19-12-11-17(26(34)38-5-2)14-21(19)41-28(31)30-23(33)16-42(36,37)15-22(32)29-25-24(27(35)39-6-3)18-9-7-8-10-20(18)40-25/h1,11-12,14H,5-10,13,15-16H2,2-3H3,(H,29,32). The van der Waals surface area contributed by atoms with Gasteiger partial charge in [0.2, 0.25) is 5.91 Å². The van der Waals surface area contributed by atoms with E-state index in [9.17, 15) is 27.6 Å². The number of nitrogens with zero attached hydrogens (tertiary/aromatic N) is 2. The van der Waals surface area contributed by atoms with E-state index in [-0.39, 0.29) is 35.1 Å². The number of carbonyl (C=O) groups excluding carboxylic acids is 4. The number of thiophene rings is 1. The molecule has 0 bridgehead atoms. The molecule has 11 nitrogen and oxygen atoms in total. The summed E-state index contributed by atoms with van der Waals surface area (Å²) in [4.78, 5) is 55.3. The van der Waals surface area contributed by atoms with E-state index in [0.29, 0.717) is 22.2 Å². The number of carbonyl (C=O) groups is 4. The van der Waals surface area contributed by atoms with E-state index in [2.05, 4.69) is 16.2 Å². The number of thiazole rings is 1. The predicted octanol–water partition coefficient (Wildman–Crippen LogP) is 3.11. The molecule has 0 spiro atoms. The van der Waals surface area contributed by atoms with Gasteiger partial charge in [-0.25, -0.2) is 18.0 Å².